The first-order chi connectivity index (χ1) is 12.2. The fourth-order valence-electron chi connectivity index (χ4n) is 3.24. The molecule has 1 atom stereocenters. The Hall–Kier alpha value is -2.27. The van der Waals surface area contributed by atoms with Crippen LogP contribution in [0.3, 0.4) is 0 Å². The standard InChI is InChI=1S/C20H20N2O2S/c1-3-22(4-2)14-10-9-13-11-15(20(23)24-17(13)12-14)19-21-16-7-5-6-8-18(16)25-19/h5,7-12,19H,3-4,6H2,1-2H3. The summed E-state index contributed by atoms with van der Waals surface area (Å²) in [5, 5.41) is 0.720. The molecule has 4 rings (SSSR count). The molecule has 0 radical (unpaired) electrons. The molecule has 0 bridgehead atoms. The highest BCUT2D eigenvalue weighted by molar-refractivity contribution is 8.04. The van der Waals surface area contributed by atoms with Gasteiger partial charge in [-0.2, -0.15) is 0 Å². The zero-order valence-corrected chi connectivity index (χ0v) is 15.2. The van der Waals surface area contributed by atoms with Gasteiger partial charge in [0.05, 0.1) is 11.3 Å². The molecule has 4 nitrogen and oxygen atoms in total. The number of anilines is 1. The van der Waals surface area contributed by atoms with Crippen LogP contribution in [-0.2, 0) is 0 Å². The Kier molecular flexibility index (Phi) is 4.25. The molecule has 0 amide bonds. The van der Waals surface area contributed by atoms with Gasteiger partial charge in [-0.25, -0.2) is 4.79 Å². The average molecular weight is 352 g/mol. The zero-order chi connectivity index (χ0) is 17.4. The van der Waals surface area contributed by atoms with Crippen molar-refractivity contribution in [2.45, 2.75) is 25.6 Å². The summed E-state index contributed by atoms with van der Waals surface area (Å²) in [6.45, 7) is 6.07. The minimum atomic E-state index is -0.297. The van der Waals surface area contributed by atoms with E-state index in [-0.39, 0.29) is 11.0 Å². The molecule has 1 unspecified atom stereocenters. The molecule has 2 aromatic rings. The van der Waals surface area contributed by atoms with E-state index in [2.05, 4.69) is 42.0 Å². The molecule has 1 aromatic carbocycles. The predicted molar refractivity (Wildman–Crippen MR) is 106 cm³/mol. The Labute approximate surface area is 150 Å². The first-order valence-corrected chi connectivity index (χ1v) is 9.52. The maximum absolute atomic E-state index is 12.5. The van der Waals surface area contributed by atoms with Crippen molar-refractivity contribution >= 4 is 34.1 Å². The summed E-state index contributed by atoms with van der Waals surface area (Å²) in [5.74, 6) is 0. The van der Waals surface area contributed by atoms with Crippen LogP contribution >= 0.6 is 11.8 Å². The fraction of sp³-hybridized carbons (Fsp3) is 0.300. The first-order valence-electron chi connectivity index (χ1n) is 8.64. The summed E-state index contributed by atoms with van der Waals surface area (Å²) in [5.41, 5.74) is 2.99. The lowest BCUT2D eigenvalue weighted by Gasteiger charge is -2.21. The second-order valence-electron chi connectivity index (χ2n) is 6.07. The van der Waals surface area contributed by atoms with E-state index in [1.807, 2.05) is 24.3 Å². The van der Waals surface area contributed by atoms with Crippen LogP contribution in [0.4, 0.5) is 5.69 Å². The van der Waals surface area contributed by atoms with Crippen molar-refractivity contribution in [1.82, 2.24) is 0 Å². The highest BCUT2D eigenvalue weighted by Gasteiger charge is 2.27. The zero-order valence-electron chi connectivity index (χ0n) is 14.4. The Morgan fingerprint density at radius 1 is 1.28 bits per heavy atom. The lowest BCUT2D eigenvalue weighted by Crippen LogP contribution is -2.21. The molecule has 0 fully saturated rings. The first kappa shape index (κ1) is 16.2. The lowest BCUT2D eigenvalue weighted by molar-refractivity contribution is 0.550. The summed E-state index contributed by atoms with van der Waals surface area (Å²) in [4.78, 5) is 20.6. The maximum Gasteiger partial charge on any atom is 0.342 e. The number of allylic oxidation sites excluding steroid dienone is 4. The second-order valence-corrected chi connectivity index (χ2v) is 7.20. The second kappa shape index (κ2) is 6.56. The van der Waals surface area contributed by atoms with Crippen LogP contribution in [0.5, 0.6) is 0 Å². The summed E-state index contributed by atoms with van der Waals surface area (Å²) in [6.07, 6.45) is 7.20. The normalized spacial score (nSPS) is 18.9. The van der Waals surface area contributed by atoms with E-state index in [1.54, 1.807) is 11.8 Å². The minimum absolute atomic E-state index is 0.216. The van der Waals surface area contributed by atoms with Gasteiger partial charge >= 0.3 is 5.63 Å². The highest BCUT2D eigenvalue weighted by Crippen LogP contribution is 2.43. The van der Waals surface area contributed by atoms with Crippen LogP contribution in [0.15, 0.2) is 61.6 Å². The van der Waals surface area contributed by atoms with Gasteiger partial charge in [0.25, 0.3) is 0 Å². The van der Waals surface area contributed by atoms with Crippen LogP contribution in [-0.4, -0.2) is 18.8 Å². The van der Waals surface area contributed by atoms with E-state index in [1.165, 1.54) is 0 Å². The monoisotopic (exact) mass is 352 g/mol. The smallest absolute Gasteiger partial charge is 0.342 e. The molecule has 0 N–H and O–H groups in total. The summed E-state index contributed by atoms with van der Waals surface area (Å²) in [7, 11) is 0. The van der Waals surface area contributed by atoms with Crippen LogP contribution in [0.1, 0.15) is 31.2 Å². The SMILES string of the molecule is CCN(CC)c1ccc2cc(C3N=C4C=CCC=C4S3)c(=O)oc2c1. The molecule has 5 heteroatoms. The number of hydrogen-bond donors (Lipinski definition) is 0. The molecule has 1 aliphatic heterocycles. The van der Waals surface area contributed by atoms with Crippen LogP contribution < -0.4 is 10.5 Å². The van der Waals surface area contributed by atoms with E-state index >= 15 is 0 Å². The van der Waals surface area contributed by atoms with E-state index in [4.69, 9.17) is 4.42 Å². The fourth-order valence-corrected chi connectivity index (χ4v) is 4.37. The van der Waals surface area contributed by atoms with Gasteiger partial charge in [-0.3, -0.25) is 4.99 Å². The van der Waals surface area contributed by atoms with Crippen molar-refractivity contribution in [3.63, 3.8) is 0 Å². The Bertz CT molecular complexity index is 967. The number of rotatable bonds is 4. The van der Waals surface area contributed by atoms with E-state index in [9.17, 15) is 4.79 Å². The molecular formula is C20H20N2O2S. The molecule has 1 aliphatic carbocycles. The molecule has 128 valence electrons. The van der Waals surface area contributed by atoms with Gasteiger partial charge in [-0.15, -0.1) is 0 Å². The van der Waals surface area contributed by atoms with E-state index in [0.29, 0.717) is 11.1 Å². The van der Waals surface area contributed by atoms with Gasteiger partial charge < -0.3 is 9.32 Å². The minimum Gasteiger partial charge on any atom is -0.422 e. The molecule has 2 heterocycles. The average Bonchev–Trinajstić information content (AvgIpc) is 3.06. The van der Waals surface area contributed by atoms with Gasteiger partial charge in [0.2, 0.25) is 0 Å². The number of hydrogen-bond acceptors (Lipinski definition) is 5. The van der Waals surface area contributed by atoms with Crippen molar-refractivity contribution in [2.75, 3.05) is 18.0 Å². The number of benzene rings is 1. The van der Waals surface area contributed by atoms with Gasteiger partial charge in [0.15, 0.2) is 0 Å². The predicted octanol–water partition coefficient (Wildman–Crippen LogP) is 4.67. The maximum atomic E-state index is 12.5. The lowest BCUT2D eigenvalue weighted by atomic mass is 10.1. The largest absolute Gasteiger partial charge is 0.422 e. The number of fused-ring (bicyclic) bond motifs is 2. The Morgan fingerprint density at radius 3 is 2.88 bits per heavy atom. The van der Waals surface area contributed by atoms with Gasteiger partial charge in [0, 0.05) is 35.1 Å². The molecule has 0 saturated carbocycles. The topological polar surface area (TPSA) is 45.8 Å². The van der Waals surface area contributed by atoms with Gasteiger partial charge in [-0.1, -0.05) is 23.9 Å². The van der Waals surface area contributed by atoms with Crippen LogP contribution in [0, 0.1) is 0 Å². The van der Waals surface area contributed by atoms with Crippen molar-refractivity contribution < 1.29 is 4.42 Å². The third-order valence-electron chi connectivity index (χ3n) is 4.60. The Morgan fingerprint density at radius 2 is 2.12 bits per heavy atom. The van der Waals surface area contributed by atoms with Crippen molar-refractivity contribution in [3.05, 3.63) is 63.4 Å². The number of aliphatic imine (C=N–C) groups is 1. The third kappa shape index (κ3) is 2.93. The molecule has 2 aliphatic rings. The van der Waals surface area contributed by atoms with E-state index in [0.717, 1.165) is 41.2 Å². The van der Waals surface area contributed by atoms with Gasteiger partial charge in [-0.05, 0) is 44.5 Å². The number of nitrogens with zero attached hydrogens (tertiary/aromatic N) is 2. The molecule has 0 spiro atoms. The highest BCUT2D eigenvalue weighted by atomic mass is 32.2. The summed E-state index contributed by atoms with van der Waals surface area (Å²) < 4.78 is 5.64. The van der Waals surface area contributed by atoms with Gasteiger partial charge in [0.1, 0.15) is 11.0 Å². The van der Waals surface area contributed by atoms with Crippen LogP contribution in [0.25, 0.3) is 11.0 Å². The molecule has 25 heavy (non-hydrogen) atoms. The third-order valence-corrected chi connectivity index (χ3v) is 5.82. The Balaban J connectivity index is 1.74. The molecular weight excluding hydrogens is 332 g/mol. The molecule has 0 saturated heterocycles. The van der Waals surface area contributed by atoms with E-state index < -0.39 is 0 Å². The van der Waals surface area contributed by atoms with Crippen molar-refractivity contribution in [1.29, 1.82) is 0 Å². The molecule has 1 aromatic heterocycles. The quantitative estimate of drug-likeness (QED) is 0.750. The van der Waals surface area contributed by atoms with Crippen LogP contribution in [0.2, 0.25) is 0 Å². The summed E-state index contributed by atoms with van der Waals surface area (Å²) >= 11 is 1.62. The van der Waals surface area contributed by atoms with Crippen molar-refractivity contribution in [3.8, 4) is 0 Å². The number of thioether (sulfide) groups is 1. The summed E-state index contributed by atoms with van der Waals surface area (Å²) in [6, 6.07) is 7.98. The van der Waals surface area contributed by atoms with Crippen molar-refractivity contribution in [2.24, 2.45) is 4.99 Å².